The number of ether oxygens (including phenoxy) is 2. The zero-order valence-electron chi connectivity index (χ0n) is 21.0. The van der Waals surface area contributed by atoms with Crippen molar-refractivity contribution in [3.05, 3.63) is 87.4 Å². The molecule has 0 radical (unpaired) electrons. The summed E-state index contributed by atoms with van der Waals surface area (Å²) in [6, 6.07) is 17.6. The molecule has 39 heavy (non-hydrogen) atoms. The lowest BCUT2D eigenvalue weighted by atomic mass is 10.1. The summed E-state index contributed by atoms with van der Waals surface area (Å²) in [5.74, 6) is -2.42. The van der Waals surface area contributed by atoms with E-state index in [1.807, 2.05) is 0 Å². The van der Waals surface area contributed by atoms with Crippen LogP contribution in [-0.2, 0) is 16.0 Å². The van der Waals surface area contributed by atoms with Crippen molar-refractivity contribution in [3.8, 4) is 5.75 Å². The molecule has 1 aliphatic rings. The largest absolute Gasteiger partial charge is 0.488 e. The van der Waals surface area contributed by atoms with Crippen LogP contribution in [0.25, 0.3) is 0 Å². The van der Waals surface area contributed by atoms with Gasteiger partial charge in [0.15, 0.2) is 0 Å². The Bertz CT molecular complexity index is 1370. The van der Waals surface area contributed by atoms with Crippen LogP contribution in [0.1, 0.15) is 28.8 Å². The lowest BCUT2D eigenvalue weighted by Gasteiger charge is -2.31. The molecule has 0 saturated carbocycles. The molecule has 3 amide bonds. The smallest absolute Gasteiger partial charge is 0.337 e. The summed E-state index contributed by atoms with van der Waals surface area (Å²) in [5.41, 5.74) is 1.96. The first-order valence-electron chi connectivity index (χ1n) is 12.1. The Kier molecular flexibility index (Phi) is 9.08. The van der Waals surface area contributed by atoms with Gasteiger partial charge in [0, 0.05) is 17.4 Å². The third-order valence-electron chi connectivity index (χ3n) is 6.22. The molecular formula is C28H26BrClFN3O5. The van der Waals surface area contributed by atoms with E-state index in [2.05, 4.69) is 31.3 Å². The number of nitrogens with zero attached hydrogens (tertiary/aromatic N) is 1. The highest BCUT2D eigenvalue weighted by Gasteiger charge is 2.44. The molecule has 4 rings (SSSR count). The highest BCUT2D eigenvalue weighted by Crippen LogP contribution is 2.33. The number of hydrogen-bond donors (Lipinski definition) is 2. The van der Waals surface area contributed by atoms with Gasteiger partial charge in [-0.2, -0.15) is 0 Å². The molecule has 1 heterocycles. The summed E-state index contributed by atoms with van der Waals surface area (Å²) >= 11 is 9.50. The fourth-order valence-electron chi connectivity index (χ4n) is 4.22. The summed E-state index contributed by atoms with van der Waals surface area (Å²) in [6.45, 7) is -0.0492. The Balaban J connectivity index is 1.34. The van der Waals surface area contributed by atoms with E-state index >= 15 is 4.39 Å². The first kappa shape index (κ1) is 28.4. The second-order valence-electron chi connectivity index (χ2n) is 8.92. The number of nitrogens with one attached hydrogen (secondary N) is 2. The van der Waals surface area contributed by atoms with Crippen LogP contribution in [0.4, 0.5) is 20.6 Å². The molecule has 11 heteroatoms. The maximum absolute atomic E-state index is 15.8. The number of hydrogen-bond acceptors (Lipinski definition) is 5. The van der Waals surface area contributed by atoms with Crippen LogP contribution < -0.4 is 15.4 Å². The van der Waals surface area contributed by atoms with Gasteiger partial charge in [-0.3, -0.25) is 4.79 Å². The first-order valence-corrected chi connectivity index (χ1v) is 13.3. The quantitative estimate of drug-likeness (QED) is 0.224. The van der Waals surface area contributed by atoms with E-state index in [0.717, 1.165) is 0 Å². The third kappa shape index (κ3) is 7.07. The molecule has 3 aromatic rings. The lowest BCUT2D eigenvalue weighted by molar-refractivity contribution is -0.144. The average Bonchev–Trinajstić information content (AvgIpc) is 3.32. The van der Waals surface area contributed by atoms with Crippen molar-refractivity contribution in [2.45, 2.75) is 25.1 Å². The Morgan fingerprint density at radius 2 is 1.77 bits per heavy atom. The third-order valence-corrected chi connectivity index (χ3v) is 7.21. The van der Waals surface area contributed by atoms with Crippen molar-refractivity contribution < 1.29 is 28.2 Å². The number of halogens is 3. The highest BCUT2D eigenvalue weighted by atomic mass is 79.9. The van der Waals surface area contributed by atoms with E-state index in [4.69, 9.17) is 16.3 Å². The zero-order chi connectivity index (χ0) is 28.0. The minimum Gasteiger partial charge on any atom is -0.488 e. The van der Waals surface area contributed by atoms with Crippen LogP contribution in [0, 0.1) is 0 Å². The molecule has 0 bridgehead atoms. The van der Waals surface area contributed by atoms with Gasteiger partial charge in [-0.1, -0.05) is 29.8 Å². The van der Waals surface area contributed by atoms with Crippen molar-refractivity contribution in [2.75, 3.05) is 30.9 Å². The lowest BCUT2D eigenvalue weighted by Crippen LogP contribution is -2.48. The molecule has 1 fully saturated rings. The summed E-state index contributed by atoms with van der Waals surface area (Å²) in [4.78, 5) is 38.3. The molecule has 0 aromatic heterocycles. The molecule has 1 aliphatic heterocycles. The number of rotatable bonds is 8. The van der Waals surface area contributed by atoms with Crippen molar-refractivity contribution >= 4 is 56.8 Å². The van der Waals surface area contributed by atoms with Gasteiger partial charge in [0.2, 0.25) is 11.7 Å². The number of carbonyl (C=O) groups is 3. The number of carbonyl (C=O) groups excluding carboxylic acids is 3. The van der Waals surface area contributed by atoms with Gasteiger partial charge in [0.25, 0.3) is 0 Å². The predicted molar refractivity (Wildman–Crippen MR) is 150 cm³/mol. The fraction of sp³-hybridized carbons (Fsp3) is 0.250. The standard InChI is InChI=1S/C28H26BrClFN3O5/c1-38-26(36)19-8-10-20(11-9-19)39-17-28(31)13-4-14-34(28)25(35)16-18-7-12-23(21(29)15-18)32-27(37)33-24-6-3-2-5-22(24)30/h2-3,5-12,15H,4,13-14,16-17H2,1H3,(H2,32,33,37)/t28-/m1/s1. The van der Waals surface area contributed by atoms with Crippen LogP contribution in [0.3, 0.4) is 0 Å². The first-order chi connectivity index (χ1) is 18.7. The molecule has 8 nitrogen and oxygen atoms in total. The summed E-state index contributed by atoms with van der Waals surface area (Å²) in [6.07, 6.45) is 0.649. The number of esters is 1. The van der Waals surface area contributed by atoms with Crippen LogP contribution in [0.15, 0.2) is 71.2 Å². The van der Waals surface area contributed by atoms with E-state index in [1.165, 1.54) is 24.1 Å². The average molecular weight is 619 g/mol. The SMILES string of the molecule is COC(=O)c1ccc(OC[C@@]2(F)CCCN2C(=O)Cc2ccc(NC(=O)Nc3ccccc3Cl)c(Br)c2)cc1. The van der Waals surface area contributed by atoms with Crippen LogP contribution in [0.5, 0.6) is 5.75 Å². The second kappa shape index (κ2) is 12.5. The molecular weight excluding hydrogens is 593 g/mol. The number of benzene rings is 3. The number of para-hydroxylation sites is 1. The van der Waals surface area contributed by atoms with Gasteiger partial charge < -0.3 is 25.0 Å². The number of alkyl halides is 1. The minimum atomic E-state index is -1.95. The highest BCUT2D eigenvalue weighted by molar-refractivity contribution is 9.10. The number of amides is 3. The minimum absolute atomic E-state index is 0.0236. The molecule has 0 aliphatic carbocycles. The van der Waals surface area contributed by atoms with Crippen LogP contribution in [-0.4, -0.2) is 48.9 Å². The summed E-state index contributed by atoms with van der Waals surface area (Å²) < 4.78 is 26.7. The van der Waals surface area contributed by atoms with E-state index in [1.54, 1.807) is 54.6 Å². The second-order valence-corrected chi connectivity index (χ2v) is 10.2. The van der Waals surface area contributed by atoms with Gasteiger partial charge in [-0.15, -0.1) is 0 Å². The maximum Gasteiger partial charge on any atom is 0.337 e. The molecule has 204 valence electrons. The van der Waals surface area contributed by atoms with Crippen molar-refractivity contribution in [1.29, 1.82) is 0 Å². The normalized spacial score (nSPS) is 16.5. The molecule has 0 unspecified atom stereocenters. The van der Waals surface area contributed by atoms with Gasteiger partial charge in [0.1, 0.15) is 12.4 Å². The molecule has 0 spiro atoms. The van der Waals surface area contributed by atoms with E-state index in [9.17, 15) is 14.4 Å². The van der Waals surface area contributed by atoms with Crippen molar-refractivity contribution in [2.24, 2.45) is 0 Å². The number of methoxy groups -OCH3 is 1. The summed E-state index contributed by atoms with van der Waals surface area (Å²) in [5, 5.41) is 5.81. The van der Waals surface area contributed by atoms with Gasteiger partial charge in [-0.05, 0) is 76.4 Å². The predicted octanol–water partition coefficient (Wildman–Crippen LogP) is 6.44. The van der Waals surface area contributed by atoms with Crippen LogP contribution in [0.2, 0.25) is 5.02 Å². The number of likely N-dealkylation sites (tertiary alicyclic amines) is 1. The van der Waals surface area contributed by atoms with E-state index < -0.39 is 17.8 Å². The van der Waals surface area contributed by atoms with E-state index in [0.29, 0.717) is 44.2 Å². The van der Waals surface area contributed by atoms with Crippen LogP contribution >= 0.6 is 27.5 Å². The van der Waals surface area contributed by atoms with Gasteiger partial charge >= 0.3 is 12.0 Å². The molecule has 1 saturated heterocycles. The van der Waals surface area contributed by atoms with Crippen molar-refractivity contribution in [1.82, 2.24) is 4.90 Å². The Labute approximate surface area is 238 Å². The zero-order valence-corrected chi connectivity index (χ0v) is 23.4. The van der Waals surface area contributed by atoms with E-state index in [-0.39, 0.29) is 31.9 Å². The summed E-state index contributed by atoms with van der Waals surface area (Å²) in [7, 11) is 1.29. The topological polar surface area (TPSA) is 97.0 Å². The monoisotopic (exact) mass is 617 g/mol. The Hall–Kier alpha value is -3.63. The Morgan fingerprint density at radius 3 is 2.46 bits per heavy atom. The number of anilines is 2. The molecule has 3 aromatic carbocycles. The van der Waals surface area contributed by atoms with Gasteiger partial charge in [0.05, 0.1) is 35.5 Å². The van der Waals surface area contributed by atoms with Crippen molar-refractivity contribution in [3.63, 3.8) is 0 Å². The molecule has 1 atom stereocenters. The maximum atomic E-state index is 15.8. The Morgan fingerprint density at radius 1 is 1.05 bits per heavy atom. The molecule has 2 N–H and O–H groups in total. The van der Waals surface area contributed by atoms with Gasteiger partial charge in [-0.25, -0.2) is 14.0 Å². The fourth-order valence-corrected chi connectivity index (χ4v) is 4.93. The number of urea groups is 1.